The molecule has 0 saturated carbocycles. The first-order valence-electron chi connectivity index (χ1n) is 18.2. The van der Waals surface area contributed by atoms with E-state index in [4.69, 9.17) is 0 Å². The summed E-state index contributed by atoms with van der Waals surface area (Å²) in [7, 11) is 0. The molecule has 2 heterocycles. The lowest BCUT2D eigenvalue weighted by molar-refractivity contribution is 0.627. The number of nitrogens with zero attached hydrogens (tertiary/aromatic N) is 2. The Balaban J connectivity index is 1.13. The average Bonchev–Trinajstić information content (AvgIpc) is 3.59. The molecular weight excluding hydrogens is 636 g/mol. The summed E-state index contributed by atoms with van der Waals surface area (Å²) in [5, 5.41) is 2.30. The second kappa shape index (κ2) is 10.8. The Labute approximate surface area is 304 Å². The van der Waals surface area contributed by atoms with E-state index in [1.165, 1.54) is 61.9 Å². The lowest BCUT2D eigenvalue weighted by Gasteiger charge is -2.43. The number of aromatic nitrogens is 1. The minimum Gasteiger partial charge on any atom is -0.310 e. The predicted octanol–water partition coefficient (Wildman–Crippen LogP) is 13.3. The molecule has 52 heavy (non-hydrogen) atoms. The molecule has 0 unspecified atom stereocenters. The Morgan fingerprint density at radius 3 is 2.02 bits per heavy atom. The van der Waals surface area contributed by atoms with Crippen LogP contribution in [0.15, 0.2) is 146 Å². The third-order valence-corrected chi connectivity index (χ3v) is 12.0. The van der Waals surface area contributed by atoms with Gasteiger partial charge in [-0.1, -0.05) is 107 Å². The van der Waals surface area contributed by atoms with Crippen LogP contribution < -0.4 is 4.90 Å². The van der Waals surface area contributed by atoms with Crippen LogP contribution in [0.4, 0.5) is 21.5 Å². The highest BCUT2D eigenvalue weighted by molar-refractivity contribution is 6.10. The highest BCUT2D eigenvalue weighted by atomic mass is 19.1. The fourth-order valence-corrected chi connectivity index (χ4v) is 9.32. The molecule has 0 atom stereocenters. The van der Waals surface area contributed by atoms with Crippen molar-refractivity contribution in [1.29, 1.82) is 0 Å². The Hall–Kier alpha value is -5.93. The molecule has 0 amide bonds. The highest BCUT2D eigenvalue weighted by Crippen LogP contribution is 2.57. The summed E-state index contributed by atoms with van der Waals surface area (Å²) in [5.74, 6) is -0.239. The van der Waals surface area contributed by atoms with Crippen molar-refractivity contribution in [3.8, 4) is 27.9 Å². The van der Waals surface area contributed by atoms with E-state index in [-0.39, 0.29) is 16.6 Å². The van der Waals surface area contributed by atoms with Crippen LogP contribution in [0, 0.1) is 12.7 Å². The van der Waals surface area contributed by atoms with Gasteiger partial charge in [-0.25, -0.2) is 4.39 Å². The fraction of sp³-hybridized carbons (Fsp3) is 0.143. The predicted molar refractivity (Wildman–Crippen MR) is 215 cm³/mol. The molecule has 0 fully saturated rings. The third kappa shape index (κ3) is 4.23. The lowest BCUT2D eigenvalue weighted by atomic mass is 9.71. The molecule has 0 spiro atoms. The Morgan fingerprint density at radius 1 is 0.462 bits per heavy atom. The molecule has 7 aromatic carbocycles. The van der Waals surface area contributed by atoms with Crippen LogP contribution in [0.25, 0.3) is 49.7 Å². The molecule has 0 N–H and O–H groups in total. The van der Waals surface area contributed by atoms with Gasteiger partial charge in [-0.3, -0.25) is 0 Å². The van der Waals surface area contributed by atoms with Gasteiger partial charge in [0.15, 0.2) is 0 Å². The third-order valence-electron chi connectivity index (χ3n) is 12.0. The van der Waals surface area contributed by atoms with Gasteiger partial charge in [0.2, 0.25) is 0 Å². The number of hydrogen-bond donors (Lipinski definition) is 0. The molecule has 2 aliphatic rings. The molecule has 1 aliphatic carbocycles. The zero-order valence-corrected chi connectivity index (χ0v) is 30.1. The summed E-state index contributed by atoms with van der Waals surface area (Å²) in [6.45, 7) is 11.7. The first-order chi connectivity index (χ1) is 25.1. The van der Waals surface area contributed by atoms with E-state index >= 15 is 0 Å². The van der Waals surface area contributed by atoms with Crippen molar-refractivity contribution >= 4 is 38.9 Å². The topological polar surface area (TPSA) is 8.17 Å². The van der Waals surface area contributed by atoms with Gasteiger partial charge >= 0.3 is 0 Å². The van der Waals surface area contributed by atoms with Crippen molar-refractivity contribution in [2.45, 2.75) is 45.4 Å². The first-order valence-corrected chi connectivity index (χ1v) is 18.2. The minimum absolute atomic E-state index is 0.0933. The van der Waals surface area contributed by atoms with Gasteiger partial charge in [0.1, 0.15) is 5.82 Å². The van der Waals surface area contributed by atoms with E-state index in [1.54, 1.807) is 12.1 Å². The zero-order chi connectivity index (χ0) is 35.5. The van der Waals surface area contributed by atoms with Crippen LogP contribution >= 0.6 is 0 Å². The summed E-state index contributed by atoms with van der Waals surface area (Å²) < 4.78 is 16.6. The van der Waals surface area contributed by atoms with E-state index in [9.17, 15) is 4.39 Å². The van der Waals surface area contributed by atoms with E-state index < -0.39 is 0 Å². The Morgan fingerprint density at radius 2 is 1.19 bits per heavy atom. The molecule has 252 valence electrons. The molecular formula is C49H39FN2. The maximum absolute atomic E-state index is 14.4. The first kappa shape index (κ1) is 30.9. The highest BCUT2D eigenvalue weighted by Gasteiger charge is 2.42. The summed E-state index contributed by atoms with van der Waals surface area (Å²) >= 11 is 0. The summed E-state index contributed by atoms with van der Waals surface area (Å²) in [6.07, 6.45) is 0. The summed E-state index contributed by atoms with van der Waals surface area (Å²) in [6, 6.07) is 51.7. The Bertz CT molecular complexity index is 2780. The van der Waals surface area contributed by atoms with E-state index in [2.05, 4.69) is 159 Å². The van der Waals surface area contributed by atoms with Crippen LogP contribution in [-0.4, -0.2) is 4.57 Å². The van der Waals surface area contributed by atoms with Gasteiger partial charge in [-0.2, -0.15) is 0 Å². The second-order valence-corrected chi connectivity index (χ2v) is 15.6. The van der Waals surface area contributed by atoms with E-state index in [0.717, 1.165) is 38.7 Å². The quantitative estimate of drug-likeness (QED) is 0.181. The number of fused-ring (bicyclic) bond motifs is 8. The van der Waals surface area contributed by atoms with Crippen LogP contribution in [0.2, 0.25) is 0 Å². The number of anilines is 3. The fourth-order valence-electron chi connectivity index (χ4n) is 9.32. The normalized spacial score (nSPS) is 15.0. The van der Waals surface area contributed by atoms with E-state index in [0.29, 0.717) is 0 Å². The van der Waals surface area contributed by atoms with Gasteiger partial charge in [0.05, 0.1) is 22.4 Å². The largest absolute Gasteiger partial charge is 0.310 e. The lowest BCUT2D eigenvalue weighted by Crippen LogP contribution is -2.31. The van der Waals surface area contributed by atoms with Crippen molar-refractivity contribution in [2.24, 2.45) is 0 Å². The zero-order valence-electron chi connectivity index (χ0n) is 30.1. The van der Waals surface area contributed by atoms with E-state index in [1.807, 2.05) is 12.1 Å². The Kier molecular flexibility index (Phi) is 6.40. The van der Waals surface area contributed by atoms with Crippen molar-refractivity contribution in [2.75, 3.05) is 4.90 Å². The van der Waals surface area contributed by atoms with Gasteiger partial charge in [0.25, 0.3) is 0 Å². The van der Waals surface area contributed by atoms with Crippen molar-refractivity contribution in [1.82, 2.24) is 4.57 Å². The summed E-state index contributed by atoms with van der Waals surface area (Å²) in [5.41, 5.74) is 18.0. The molecule has 0 saturated heterocycles. The molecule has 3 heteroatoms. The van der Waals surface area contributed by atoms with Crippen LogP contribution in [0.5, 0.6) is 0 Å². The maximum atomic E-state index is 14.4. The van der Waals surface area contributed by atoms with Crippen LogP contribution in [-0.2, 0) is 10.8 Å². The van der Waals surface area contributed by atoms with Crippen molar-refractivity contribution in [3.63, 3.8) is 0 Å². The van der Waals surface area contributed by atoms with Crippen molar-refractivity contribution < 1.29 is 4.39 Å². The molecule has 0 radical (unpaired) electrons. The smallest absolute Gasteiger partial charge is 0.125 e. The SMILES string of the molecule is Cc1cc(N2c3ccccc3C(C)(C)c3cc4c(cc32)C(C)(C)c2ccccc2-4)ccc1-c1ccc2c(c1)c1ccccc1n2-c1cccc(F)c1. The second-order valence-electron chi connectivity index (χ2n) is 15.6. The number of aryl methyl sites for hydroxylation is 1. The standard InChI is InChI=1S/C49H39FN2/c1-30-25-34(22-23-35(30)31-21-24-45-39(26-31)37-16-7-10-19-44(37)51(45)33-14-12-13-32(50)27-33)52-46-20-11-9-18-41(46)49(4,5)43-28-38-36-15-6-8-17-40(36)48(2,3)42(38)29-47(43)52/h6-29H,1-5H3. The minimum atomic E-state index is -0.239. The van der Waals surface area contributed by atoms with Crippen LogP contribution in [0.1, 0.15) is 55.5 Å². The number of halogens is 1. The average molecular weight is 675 g/mol. The molecule has 8 aromatic rings. The summed E-state index contributed by atoms with van der Waals surface area (Å²) in [4.78, 5) is 2.49. The molecule has 10 rings (SSSR count). The maximum Gasteiger partial charge on any atom is 0.125 e. The molecule has 1 aliphatic heterocycles. The molecule has 2 nitrogen and oxygen atoms in total. The monoisotopic (exact) mass is 674 g/mol. The number of benzene rings is 7. The number of rotatable bonds is 3. The van der Waals surface area contributed by atoms with Crippen LogP contribution in [0.3, 0.4) is 0 Å². The van der Waals surface area contributed by atoms with Gasteiger partial charge in [-0.05, 0) is 124 Å². The number of hydrogen-bond acceptors (Lipinski definition) is 1. The van der Waals surface area contributed by atoms with Crippen molar-refractivity contribution in [3.05, 3.63) is 179 Å². The van der Waals surface area contributed by atoms with Gasteiger partial charge < -0.3 is 9.47 Å². The number of para-hydroxylation sites is 2. The van der Waals surface area contributed by atoms with Gasteiger partial charge in [0, 0.05) is 33.0 Å². The molecule has 1 aromatic heterocycles. The molecule has 0 bridgehead atoms. The van der Waals surface area contributed by atoms with Gasteiger partial charge in [-0.15, -0.1) is 0 Å².